The molecule has 126 valence electrons. The average molecular weight is 405 g/mol. The van der Waals surface area contributed by atoms with Crippen LogP contribution in [0, 0.1) is 5.82 Å². The highest BCUT2D eigenvalue weighted by molar-refractivity contribution is 9.10. The van der Waals surface area contributed by atoms with E-state index < -0.39 is 15.7 Å². The summed E-state index contributed by atoms with van der Waals surface area (Å²) in [6.45, 7) is 2.23. The maximum absolute atomic E-state index is 13.8. The normalized spacial score (nSPS) is 24.8. The summed E-state index contributed by atoms with van der Waals surface area (Å²) in [6.07, 6.45) is 0.663. The second-order valence-corrected chi connectivity index (χ2v) is 9.15. The SMILES string of the molecule is O=C(c1cc(Br)ccc1F)N1CCN([C@H]2CCS(=O)(=O)C2)CC1. The Morgan fingerprint density at radius 1 is 1.22 bits per heavy atom. The van der Waals surface area contributed by atoms with Crippen LogP contribution >= 0.6 is 15.9 Å². The highest BCUT2D eigenvalue weighted by Gasteiger charge is 2.34. The van der Waals surface area contributed by atoms with Gasteiger partial charge >= 0.3 is 0 Å². The Hall–Kier alpha value is -0.990. The van der Waals surface area contributed by atoms with Crippen molar-refractivity contribution in [2.75, 3.05) is 37.7 Å². The molecule has 2 saturated heterocycles. The molecule has 0 aromatic heterocycles. The van der Waals surface area contributed by atoms with Crippen LogP contribution in [0.15, 0.2) is 22.7 Å². The van der Waals surface area contributed by atoms with Gasteiger partial charge in [0.2, 0.25) is 0 Å². The van der Waals surface area contributed by atoms with Gasteiger partial charge in [-0.15, -0.1) is 0 Å². The number of hydrogen-bond acceptors (Lipinski definition) is 4. The minimum atomic E-state index is -2.91. The molecule has 2 aliphatic heterocycles. The summed E-state index contributed by atoms with van der Waals surface area (Å²) in [5.41, 5.74) is 0.0660. The Balaban J connectivity index is 1.63. The summed E-state index contributed by atoms with van der Waals surface area (Å²) >= 11 is 3.25. The monoisotopic (exact) mass is 404 g/mol. The molecule has 0 spiro atoms. The second kappa shape index (κ2) is 6.49. The molecule has 2 fully saturated rings. The molecule has 2 aliphatic rings. The van der Waals surface area contributed by atoms with Crippen LogP contribution in [0.3, 0.4) is 0 Å². The lowest BCUT2D eigenvalue weighted by Gasteiger charge is -2.37. The van der Waals surface area contributed by atoms with Gasteiger partial charge < -0.3 is 4.90 Å². The number of nitrogens with zero attached hydrogens (tertiary/aromatic N) is 2. The standard InChI is InChI=1S/C15H18BrFN2O3S/c16-11-1-2-14(17)13(9-11)15(20)19-6-4-18(5-7-19)12-3-8-23(21,22)10-12/h1-2,9,12H,3-8,10H2/t12-/m0/s1. The lowest BCUT2D eigenvalue weighted by atomic mass is 10.1. The summed E-state index contributed by atoms with van der Waals surface area (Å²) in [7, 11) is -2.91. The minimum absolute atomic E-state index is 0.0554. The molecule has 0 N–H and O–H groups in total. The molecule has 2 heterocycles. The number of halogens is 2. The fraction of sp³-hybridized carbons (Fsp3) is 0.533. The van der Waals surface area contributed by atoms with Gasteiger partial charge in [0.25, 0.3) is 5.91 Å². The number of sulfone groups is 1. The largest absolute Gasteiger partial charge is 0.336 e. The fourth-order valence-electron chi connectivity index (χ4n) is 3.19. The number of carbonyl (C=O) groups is 1. The third-order valence-electron chi connectivity index (χ3n) is 4.49. The Kier molecular flexibility index (Phi) is 4.75. The zero-order valence-corrected chi connectivity index (χ0v) is 14.9. The van der Waals surface area contributed by atoms with Crippen molar-refractivity contribution in [2.45, 2.75) is 12.5 Å². The highest BCUT2D eigenvalue weighted by Crippen LogP contribution is 2.21. The molecule has 0 unspecified atom stereocenters. The van der Waals surface area contributed by atoms with E-state index in [1.807, 2.05) is 0 Å². The molecule has 3 rings (SSSR count). The lowest BCUT2D eigenvalue weighted by Crippen LogP contribution is -2.52. The third-order valence-corrected chi connectivity index (χ3v) is 6.73. The van der Waals surface area contributed by atoms with Crippen LogP contribution in [0.1, 0.15) is 16.8 Å². The number of hydrogen-bond donors (Lipinski definition) is 0. The van der Waals surface area contributed by atoms with Crippen LogP contribution in [0.5, 0.6) is 0 Å². The molecule has 0 saturated carbocycles. The van der Waals surface area contributed by atoms with Crippen LogP contribution in [0.25, 0.3) is 0 Å². The van der Waals surface area contributed by atoms with Gasteiger partial charge in [-0.1, -0.05) is 15.9 Å². The summed E-state index contributed by atoms with van der Waals surface area (Å²) in [5.74, 6) is -0.383. The molecule has 0 radical (unpaired) electrons. The van der Waals surface area contributed by atoms with E-state index in [9.17, 15) is 17.6 Å². The Morgan fingerprint density at radius 3 is 2.52 bits per heavy atom. The second-order valence-electron chi connectivity index (χ2n) is 6.01. The van der Waals surface area contributed by atoms with Crippen molar-refractivity contribution >= 4 is 31.7 Å². The van der Waals surface area contributed by atoms with Crippen molar-refractivity contribution in [3.05, 3.63) is 34.1 Å². The topological polar surface area (TPSA) is 57.7 Å². The van der Waals surface area contributed by atoms with Crippen LogP contribution in [0.2, 0.25) is 0 Å². The zero-order valence-electron chi connectivity index (χ0n) is 12.5. The van der Waals surface area contributed by atoms with E-state index in [1.54, 1.807) is 11.0 Å². The number of rotatable bonds is 2. The molecule has 8 heteroatoms. The van der Waals surface area contributed by atoms with E-state index in [2.05, 4.69) is 20.8 Å². The van der Waals surface area contributed by atoms with Gasteiger partial charge in [0.15, 0.2) is 9.84 Å². The van der Waals surface area contributed by atoms with Crippen molar-refractivity contribution in [2.24, 2.45) is 0 Å². The van der Waals surface area contributed by atoms with Crippen molar-refractivity contribution < 1.29 is 17.6 Å². The molecular formula is C15H18BrFN2O3S. The Morgan fingerprint density at radius 2 is 1.91 bits per heavy atom. The number of carbonyl (C=O) groups excluding carboxylic acids is 1. The first-order valence-electron chi connectivity index (χ1n) is 7.54. The fourth-order valence-corrected chi connectivity index (χ4v) is 5.31. The van der Waals surface area contributed by atoms with Crippen molar-refractivity contribution in [3.63, 3.8) is 0 Å². The average Bonchev–Trinajstić information content (AvgIpc) is 2.89. The van der Waals surface area contributed by atoms with Crippen molar-refractivity contribution in [1.29, 1.82) is 0 Å². The molecule has 5 nitrogen and oxygen atoms in total. The molecule has 0 bridgehead atoms. The molecule has 0 aliphatic carbocycles. The molecule has 1 amide bonds. The lowest BCUT2D eigenvalue weighted by molar-refractivity contribution is 0.0583. The van der Waals surface area contributed by atoms with Crippen molar-refractivity contribution in [3.8, 4) is 0 Å². The first-order valence-corrected chi connectivity index (χ1v) is 10.2. The van der Waals surface area contributed by atoms with Crippen LogP contribution < -0.4 is 0 Å². The summed E-state index contributed by atoms with van der Waals surface area (Å²) in [5, 5.41) is 0. The summed E-state index contributed by atoms with van der Waals surface area (Å²) < 4.78 is 37.6. The predicted molar refractivity (Wildman–Crippen MR) is 88.6 cm³/mol. The Labute approximate surface area is 143 Å². The van der Waals surface area contributed by atoms with E-state index in [0.717, 1.165) is 0 Å². The maximum Gasteiger partial charge on any atom is 0.256 e. The first-order chi connectivity index (χ1) is 10.9. The number of piperazine rings is 1. The molecule has 1 aromatic carbocycles. The van der Waals surface area contributed by atoms with E-state index in [0.29, 0.717) is 37.1 Å². The zero-order chi connectivity index (χ0) is 16.6. The predicted octanol–water partition coefficient (Wildman–Crippen LogP) is 1.53. The van der Waals surface area contributed by atoms with Gasteiger partial charge in [0.05, 0.1) is 17.1 Å². The molecular weight excluding hydrogens is 387 g/mol. The number of amides is 1. The Bertz CT molecular complexity index is 717. The molecule has 23 heavy (non-hydrogen) atoms. The number of benzene rings is 1. The van der Waals surface area contributed by atoms with Crippen molar-refractivity contribution in [1.82, 2.24) is 9.80 Å². The molecule has 1 atom stereocenters. The first kappa shape index (κ1) is 16.9. The maximum atomic E-state index is 13.8. The van der Waals surface area contributed by atoms with Gasteiger partial charge in [-0.2, -0.15) is 0 Å². The minimum Gasteiger partial charge on any atom is -0.336 e. The summed E-state index contributed by atoms with van der Waals surface area (Å²) in [6, 6.07) is 4.38. The van der Waals surface area contributed by atoms with Gasteiger partial charge in [-0.3, -0.25) is 9.69 Å². The quantitative estimate of drug-likeness (QED) is 0.749. The highest BCUT2D eigenvalue weighted by atomic mass is 79.9. The van der Waals surface area contributed by atoms with Crippen LogP contribution in [-0.4, -0.2) is 67.9 Å². The van der Waals surface area contributed by atoms with Gasteiger partial charge in [0, 0.05) is 36.7 Å². The van der Waals surface area contributed by atoms with Crippen LogP contribution in [0.4, 0.5) is 4.39 Å². The van der Waals surface area contributed by atoms with E-state index >= 15 is 0 Å². The molecule has 1 aromatic rings. The summed E-state index contributed by atoms with van der Waals surface area (Å²) in [4.78, 5) is 16.2. The van der Waals surface area contributed by atoms with Gasteiger partial charge in [-0.05, 0) is 24.6 Å². The van der Waals surface area contributed by atoms with E-state index in [4.69, 9.17) is 0 Å². The smallest absolute Gasteiger partial charge is 0.256 e. The van der Waals surface area contributed by atoms with E-state index in [1.165, 1.54) is 12.1 Å². The van der Waals surface area contributed by atoms with Gasteiger partial charge in [0.1, 0.15) is 5.82 Å². The third kappa shape index (κ3) is 3.75. The van der Waals surface area contributed by atoms with Gasteiger partial charge in [-0.25, -0.2) is 12.8 Å². The van der Waals surface area contributed by atoms with E-state index in [-0.39, 0.29) is 29.0 Å². The van der Waals surface area contributed by atoms with Crippen LogP contribution in [-0.2, 0) is 9.84 Å².